The van der Waals surface area contributed by atoms with Crippen LogP contribution in [0.2, 0.25) is 0 Å². The van der Waals surface area contributed by atoms with E-state index in [1.54, 1.807) is 36.4 Å². The van der Waals surface area contributed by atoms with Crippen LogP contribution in [0.15, 0.2) is 57.8 Å². The van der Waals surface area contributed by atoms with Crippen LogP contribution in [-0.2, 0) is 20.4 Å². The first kappa shape index (κ1) is 19.3. The van der Waals surface area contributed by atoms with Crippen molar-refractivity contribution in [2.75, 3.05) is 4.43 Å². The van der Waals surface area contributed by atoms with Gasteiger partial charge in [0.25, 0.3) is 10.0 Å². The second-order valence-corrected chi connectivity index (χ2v) is 8.73. The van der Waals surface area contributed by atoms with Gasteiger partial charge < -0.3 is 4.74 Å². The zero-order valence-electron chi connectivity index (χ0n) is 14.3. The van der Waals surface area contributed by atoms with Crippen LogP contribution in [0.25, 0.3) is 0 Å². The molecule has 1 atom stereocenters. The summed E-state index contributed by atoms with van der Waals surface area (Å²) in [5.74, 6) is -0.109. The monoisotopic (exact) mass is 487 g/mol. The molecule has 0 aliphatic carbocycles. The molecule has 2 aromatic carbocycles. The van der Waals surface area contributed by atoms with Crippen LogP contribution in [-0.4, -0.2) is 18.7 Å². The molecule has 26 heavy (non-hydrogen) atoms. The van der Waals surface area contributed by atoms with Crippen LogP contribution in [0.3, 0.4) is 0 Å². The molecule has 1 fully saturated rings. The SMILES string of the molecule is Cc1ccc(S(=O)(=O)/N=C2/CCC[C@](CI)(c3ccc(F)cc3)O2)cc1. The molecular formula is C19H19FINO3S. The average Bonchev–Trinajstić information content (AvgIpc) is 2.62. The summed E-state index contributed by atoms with van der Waals surface area (Å²) in [5, 5.41) is 0. The van der Waals surface area contributed by atoms with Gasteiger partial charge in [0, 0.05) is 10.8 Å². The summed E-state index contributed by atoms with van der Waals surface area (Å²) in [6.45, 7) is 1.89. The van der Waals surface area contributed by atoms with Crippen LogP contribution in [0.4, 0.5) is 4.39 Å². The number of hydrogen-bond donors (Lipinski definition) is 0. The fourth-order valence-corrected chi connectivity index (χ4v) is 4.90. The molecule has 0 saturated carbocycles. The molecule has 2 aromatic rings. The van der Waals surface area contributed by atoms with Gasteiger partial charge in [0.05, 0.1) is 4.90 Å². The Kier molecular flexibility index (Phi) is 5.67. The Morgan fingerprint density at radius 2 is 1.81 bits per heavy atom. The summed E-state index contributed by atoms with van der Waals surface area (Å²) in [5.41, 5.74) is 1.12. The third-order valence-electron chi connectivity index (χ3n) is 4.41. The van der Waals surface area contributed by atoms with Gasteiger partial charge in [-0.25, -0.2) is 4.39 Å². The molecule has 4 nitrogen and oxygen atoms in total. The normalized spacial score (nSPS) is 22.2. The number of rotatable bonds is 4. The highest BCUT2D eigenvalue weighted by atomic mass is 127. The van der Waals surface area contributed by atoms with Crippen molar-refractivity contribution in [3.05, 3.63) is 65.5 Å². The zero-order chi connectivity index (χ0) is 18.8. The van der Waals surface area contributed by atoms with Crippen LogP contribution >= 0.6 is 22.6 Å². The number of nitrogens with zero attached hydrogens (tertiary/aromatic N) is 1. The zero-order valence-corrected chi connectivity index (χ0v) is 17.3. The molecule has 138 valence electrons. The molecule has 7 heteroatoms. The Morgan fingerprint density at radius 1 is 1.15 bits per heavy atom. The van der Waals surface area contributed by atoms with Crippen molar-refractivity contribution in [3.63, 3.8) is 0 Å². The second kappa shape index (κ2) is 7.64. The van der Waals surface area contributed by atoms with Gasteiger partial charge in [0.15, 0.2) is 0 Å². The van der Waals surface area contributed by atoms with Gasteiger partial charge in [-0.15, -0.1) is 4.40 Å². The maximum absolute atomic E-state index is 13.3. The van der Waals surface area contributed by atoms with Crippen LogP contribution in [0, 0.1) is 12.7 Å². The predicted octanol–water partition coefficient (Wildman–Crippen LogP) is 4.75. The number of halogens is 2. The van der Waals surface area contributed by atoms with Gasteiger partial charge in [-0.2, -0.15) is 8.42 Å². The molecule has 1 heterocycles. The molecule has 0 radical (unpaired) electrons. The van der Waals surface area contributed by atoms with E-state index < -0.39 is 15.6 Å². The molecule has 0 aromatic heterocycles. The molecular weight excluding hydrogens is 468 g/mol. The van der Waals surface area contributed by atoms with Crippen molar-refractivity contribution in [2.45, 2.75) is 36.7 Å². The van der Waals surface area contributed by atoms with Gasteiger partial charge >= 0.3 is 0 Å². The van der Waals surface area contributed by atoms with Crippen LogP contribution in [0.1, 0.15) is 30.4 Å². The molecule has 1 aliphatic heterocycles. The summed E-state index contributed by atoms with van der Waals surface area (Å²) < 4.78 is 49.0. The topological polar surface area (TPSA) is 55.7 Å². The van der Waals surface area contributed by atoms with E-state index in [2.05, 4.69) is 27.0 Å². The summed E-state index contributed by atoms with van der Waals surface area (Å²) in [6, 6.07) is 12.7. The van der Waals surface area contributed by atoms with E-state index in [1.807, 2.05) is 6.92 Å². The molecule has 0 amide bonds. The van der Waals surface area contributed by atoms with Gasteiger partial charge in [-0.05, 0) is 49.6 Å². The molecule has 0 N–H and O–H groups in total. The lowest BCUT2D eigenvalue weighted by Gasteiger charge is -2.37. The summed E-state index contributed by atoms with van der Waals surface area (Å²) in [7, 11) is -3.82. The lowest BCUT2D eigenvalue weighted by atomic mass is 9.88. The average molecular weight is 487 g/mol. The molecule has 0 bridgehead atoms. The van der Waals surface area contributed by atoms with Gasteiger partial charge in [-0.1, -0.05) is 52.4 Å². The number of benzene rings is 2. The van der Waals surface area contributed by atoms with Crippen LogP contribution < -0.4 is 0 Å². The maximum atomic E-state index is 13.3. The van der Waals surface area contributed by atoms with E-state index in [0.29, 0.717) is 10.8 Å². The number of hydrogen-bond acceptors (Lipinski definition) is 3. The standard InChI is InChI=1S/C19H19FINO3S/c1-14-4-10-17(11-5-14)26(23,24)22-18-3-2-12-19(13-21,25-18)15-6-8-16(20)9-7-15/h4-11H,2-3,12-13H2,1H3/b22-18-/t19-/m0/s1. The third kappa shape index (κ3) is 4.09. The summed E-state index contributed by atoms with van der Waals surface area (Å²) in [6.07, 6.45) is 1.94. The van der Waals surface area contributed by atoms with Gasteiger partial charge in [-0.3, -0.25) is 0 Å². The summed E-state index contributed by atoms with van der Waals surface area (Å²) in [4.78, 5) is 0.145. The van der Waals surface area contributed by atoms with Crippen molar-refractivity contribution in [2.24, 2.45) is 4.40 Å². The first-order valence-corrected chi connectivity index (χ1v) is 11.2. The highest BCUT2D eigenvalue weighted by Gasteiger charge is 2.38. The number of aryl methyl sites for hydroxylation is 1. The Labute approximate surface area is 166 Å². The molecule has 0 spiro atoms. The highest BCUT2D eigenvalue weighted by molar-refractivity contribution is 14.1. The number of alkyl halides is 1. The van der Waals surface area contributed by atoms with Gasteiger partial charge in [0.1, 0.15) is 11.4 Å². The van der Waals surface area contributed by atoms with E-state index in [9.17, 15) is 12.8 Å². The Hall–Kier alpha value is -1.48. The maximum Gasteiger partial charge on any atom is 0.285 e. The lowest BCUT2D eigenvalue weighted by Crippen LogP contribution is -2.38. The van der Waals surface area contributed by atoms with E-state index in [-0.39, 0.29) is 16.6 Å². The largest absolute Gasteiger partial charge is 0.468 e. The second-order valence-electron chi connectivity index (χ2n) is 6.36. The minimum absolute atomic E-state index is 0.145. The molecule has 1 saturated heterocycles. The third-order valence-corrected chi connectivity index (χ3v) is 6.96. The van der Waals surface area contributed by atoms with Crippen LogP contribution in [0.5, 0.6) is 0 Å². The molecule has 3 rings (SSSR count). The van der Waals surface area contributed by atoms with E-state index in [0.717, 1.165) is 24.0 Å². The predicted molar refractivity (Wildman–Crippen MR) is 108 cm³/mol. The van der Waals surface area contributed by atoms with Crippen molar-refractivity contribution in [1.29, 1.82) is 0 Å². The highest BCUT2D eigenvalue weighted by Crippen LogP contribution is 2.38. The number of ether oxygens (including phenoxy) is 1. The summed E-state index contributed by atoms with van der Waals surface area (Å²) >= 11 is 2.21. The minimum Gasteiger partial charge on any atom is -0.468 e. The fraction of sp³-hybridized carbons (Fsp3) is 0.316. The molecule has 1 aliphatic rings. The first-order chi connectivity index (χ1) is 12.3. The Morgan fingerprint density at radius 3 is 2.42 bits per heavy atom. The number of sulfonamides is 1. The molecule has 0 unspecified atom stereocenters. The van der Waals surface area contributed by atoms with Crippen molar-refractivity contribution >= 4 is 38.5 Å². The minimum atomic E-state index is -3.82. The van der Waals surface area contributed by atoms with E-state index in [4.69, 9.17) is 4.74 Å². The quantitative estimate of drug-likeness (QED) is 0.462. The Balaban J connectivity index is 1.92. The van der Waals surface area contributed by atoms with E-state index in [1.165, 1.54) is 12.1 Å². The smallest absolute Gasteiger partial charge is 0.285 e. The van der Waals surface area contributed by atoms with E-state index >= 15 is 0 Å². The lowest BCUT2D eigenvalue weighted by molar-refractivity contribution is 0.0483. The van der Waals surface area contributed by atoms with Crippen molar-refractivity contribution in [3.8, 4) is 0 Å². The fourth-order valence-electron chi connectivity index (χ4n) is 2.94. The van der Waals surface area contributed by atoms with Crippen molar-refractivity contribution < 1.29 is 17.5 Å². The Bertz CT molecular complexity index is 911. The van der Waals surface area contributed by atoms with Gasteiger partial charge in [0.2, 0.25) is 5.90 Å². The van der Waals surface area contributed by atoms with Crippen molar-refractivity contribution in [1.82, 2.24) is 0 Å². The first-order valence-electron chi connectivity index (χ1n) is 8.26.